The summed E-state index contributed by atoms with van der Waals surface area (Å²) in [5, 5.41) is 7.72. The van der Waals surface area contributed by atoms with Crippen molar-refractivity contribution in [1.82, 2.24) is 10.3 Å². The summed E-state index contributed by atoms with van der Waals surface area (Å²) in [4.78, 5) is 15.3. The molecule has 0 spiro atoms. The smallest absolute Gasteiger partial charge is 0.320 e. The number of rotatable bonds is 1. The van der Waals surface area contributed by atoms with Gasteiger partial charge in [0.05, 0.1) is 5.69 Å². The Balaban J connectivity index is 2.74. The predicted molar refractivity (Wildman–Crippen MR) is 58.9 cm³/mol. The van der Waals surface area contributed by atoms with Crippen LogP contribution in [0.4, 0.5) is 9.93 Å². The average molecular weight is 213 g/mol. The molecule has 0 bridgehead atoms. The normalized spacial score (nSPS) is 11.1. The molecule has 14 heavy (non-hydrogen) atoms. The van der Waals surface area contributed by atoms with Crippen LogP contribution in [0.2, 0.25) is 0 Å². The molecule has 1 aromatic rings. The van der Waals surface area contributed by atoms with E-state index in [2.05, 4.69) is 36.4 Å². The van der Waals surface area contributed by atoms with E-state index in [0.29, 0.717) is 5.13 Å². The fourth-order valence-electron chi connectivity index (χ4n) is 0.835. The van der Waals surface area contributed by atoms with Crippen LogP contribution in [0.3, 0.4) is 0 Å². The molecule has 1 heterocycles. The Labute approximate surface area is 87.7 Å². The zero-order chi connectivity index (χ0) is 10.8. The van der Waals surface area contributed by atoms with Crippen molar-refractivity contribution in [2.24, 2.45) is 0 Å². The molecule has 0 aliphatic heterocycles. The first-order valence-electron chi connectivity index (χ1n) is 4.38. The van der Waals surface area contributed by atoms with Gasteiger partial charge in [0, 0.05) is 17.8 Å². The number of carbonyl (C=O) groups excluding carboxylic acids is 1. The van der Waals surface area contributed by atoms with E-state index in [9.17, 15) is 4.79 Å². The van der Waals surface area contributed by atoms with E-state index in [1.807, 2.05) is 5.38 Å². The maximum absolute atomic E-state index is 11.0. The Bertz CT molecular complexity index is 327. The van der Waals surface area contributed by atoms with Crippen molar-refractivity contribution in [3.05, 3.63) is 11.1 Å². The summed E-state index contributed by atoms with van der Waals surface area (Å²) in [6.45, 7) is 6.27. The van der Waals surface area contributed by atoms with Crippen molar-refractivity contribution >= 4 is 22.5 Å². The summed E-state index contributed by atoms with van der Waals surface area (Å²) in [6.07, 6.45) is 0. The van der Waals surface area contributed by atoms with E-state index in [4.69, 9.17) is 0 Å². The van der Waals surface area contributed by atoms with Crippen LogP contribution in [-0.2, 0) is 5.41 Å². The van der Waals surface area contributed by atoms with Crippen molar-refractivity contribution in [3.63, 3.8) is 0 Å². The monoisotopic (exact) mass is 213 g/mol. The van der Waals surface area contributed by atoms with Crippen molar-refractivity contribution in [2.45, 2.75) is 26.2 Å². The maximum atomic E-state index is 11.0. The topological polar surface area (TPSA) is 54.0 Å². The van der Waals surface area contributed by atoms with E-state index in [1.165, 1.54) is 11.3 Å². The third kappa shape index (κ3) is 2.70. The molecule has 5 heteroatoms. The average Bonchev–Trinajstić information content (AvgIpc) is 2.51. The van der Waals surface area contributed by atoms with Gasteiger partial charge in [0.1, 0.15) is 0 Å². The van der Waals surface area contributed by atoms with Gasteiger partial charge in [-0.3, -0.25) is 5.32 Å². The maximum Gasteiger partial charge on any atom is 0.320 e. The summed E-state index contributed by atoms with van der Waals surface area (Å²) >= 11 is 1.44. The van der Waals surface area contributed by atoms with Crippen molar-refractivity contribution in [3.8, 4) is 0 Å². The fraction of sp³-hybridized carbons (Fsp3) is 0.556. The second-order valence-corrected chi connectivity index (χ2v) is 4.85. The molecule has 2 amide bonds. The number of anilines is 1. The summed E-state index contributed by atoms with van der Waals surface area (Å²) in [6, 6.07) is -0.236. The number of thiazole rings is 1. The van der Waals surface area contributed by atoms with Crippen LogP contribution in [0.25, 0.3) is 0 Å². The molecule has 0 atom stereocenters. The highest BCUT2D eigenvalue weighted by atomic mass is 32.1. The van der Waals surface area contributed by atoms with Crippen LogP contribution in [0, 0.1) is 0 Å². The van der Waals surface area contributed by atoms with Gasteiger partial charge in [-0.25, -0.2) is 9.78 Å². The van der Waals surface area contributed by atoms with Gasteiger partial charge in [-0.2, -0.15) is 0 Å². The number of nitrogens with zero attached hydrogens (tertiary/aromatic N) is 1. The summed E-state index contributed by atoms with van der Waals surface area (Å²) in [5.41, 5.74) is 1.02. The molecular formula is C9H15N3OS. The second-order valence-electron chi connectivity index (χ2n) is 3.99. The van der Waals surface area contributed by atoms with Crippen LogP contribution in [-0.4, -0.2) is 18.1 Å². The fourth-order valence-corrected chi connectivity index (χ4v) is 1.77. The minimum atomic E-state index is -0.236. The molecule has 78 valence electrons. The number of carbonyl (C=O) groups is 1. The van der Waals surface area contributed by atoms with Gasteiger partial charge in [-0.15, -0.1) is 11.3 Å². The van der Waals surface area contributed by atoms with Gasteiger partial charge < -0.3 is 5.32 Å². The predicted octanol–water partition coefficient (Wildman–Crippen LogP) is 2.19. The van der Waals surface area contributed by atoms with Crippen molar-refractivity contribution in [1.29, 1.82) is 0 Å². The number of amides is 2. The second kappa shape index (κ2) is 3.96. The zero-order valence-electron chi connectivity index (χ0n) is 8.84. The number of urea groups is 1. The standard InChI is InChI=1S/C9H15N3OS/c1-9(2,3)6-5-14-8(11-6)12-7(13)10-4/h5H,1-4H3,(H2,10,11,12,13). The third-order valence-corrected chi connectivity index (χ3v) is 2.48. The van der Waals surface area contributed by atoms with E-state index in [1.54, 1.807) is 7.05 Å². The van der Waals surface area contributed by atoms with E-state index in [-0.39, 0.29) is 11.4 Å². The number of aromatic nitrogens is 1. The van der Waals surface area contributed by atoms with E-state index >= 15 is 0 Å². The Kier molecular flexibility index (Phi) is 3.10. The Hall–Kier alpha value is -1.10. The summed E-state index contributed by atoms with van der Waals surface area (Å²) in [5.74, 6) is 0. The SMILES string of the molecule is CNC(=O)Nc1nc(C(C)(C)C)cs1. The van der Waals surface area contributed by atoms with Gasteiger partial charge >= 0.3 is 6.03 Å². The highest BCUT2D eigenvalue weighted by molar-refractivity contribution is 7.13. The lowest BCUT2D eigenvalue weighted by Crippen LogP contribution is -2.24. The molecule has 0 radical (unpaired) electrons. The first-order chi connectivity index (χ1) is 6.43. The van der Waals surface area contributed by atoms with Crippen LogP contribution in [0.1, 0.15) is 26.5 Å². The highest BCUT2D eigenvalue weighted by Gasteiger charge is 2.17. The molecule has 0 aromatic carbocycles. The van der Waals surface area contributed by atoms with Crippen LogP contribution < -0.4 is 10.6 Å². The minimum Gasteiger partial charge on any atom is -0.341 e. The molecule has 4 nitrogen and oxygen atoms in total. The number of hydrogen-bond donors (Lipinski definition) is 2. The molecule has 1 rings (SSSR count). The summed E-state index contributed by atoms with van der Waals surface area (Å²) in [7, 11) is 1.58. The highest BCUT2D eigenvalue weighted by Crippen LogP contribution is 2.26. The van der Waals surface area contributed by atoms with Gasteiger partial charge in [-0.05, 0) is 0 Å². The quantitative estimate of drug-likeness (QED) is 0.751. The van der Waals surface area contributed by atoms with Gasteiger partial charge in [0.2, 0.25) is 0 Å². The zero-order valence-corrected chi connectivity index (χ0v) is 9.66. The first kappa shape index (κ1) is 11.0. The minimum absolute atomic E-state index is 0.0269. The summed E-state index contributed by atoms with van der Waals surface area (Å²) < 4.78 is 0. The van der Waals surface area contributed by atoms with E-state index in [0.717, 1.165) is 5.69 Å². The molecule has 1 aromatic heterocycles. The molecule has 2 N–H and O–H groups in total. The van der Waals surface area contributed by atoms with Gasteiger partial charge in [0.15, 0.2) is 5.13 Å². The molecule has 0 aliphatic rings. The molecule has 0 aliphatic carbocycles. The van der Waals surface area contributed by atoms with Crippen LogP contribution >= 0.6 is 11.3 Å². The molecule has 0 saturated heterocycles. The number of nitrogens with one attached hydrogen (secondary N) is 2. The van der Waals surface area contributed by atoms with Gasteiger partial charge in [0.25, 0.3) is 0 Å². The van der Waals surface area contributed by atoms with Crippen LogP contribution in [0.5, 0.6) is 0 Å². The molecular weight excluding hydrogens is 198 g/mol. The lowest BCUT2D eigenvalue weighted by Gasteiger charge is -2.14. The number of hydrogen-bond acceptors (Lipinski definition) is 3. The lowest BCUT2D eigenvalue weighted by atomic mass is 9.93. The molecule has 0 fully saturated rings. The third-order valence-electron chi connectivity index (χ3n) is 1.72. The molecule has 0 saturated carbocycles. The Morgan fingerprint density at radius 1 is 1.50 bits per heavy atom. The van der Waals surface area contributed by atoms with Crippen molar-refractivity contribution in [2.75, 3.05) is 12.4 Å². The first-order valence-corrected chi connectivity index (χ1v) is 5.26. The lowest BCUT2D eigenvalue weighted by molar-refractivity contribution is 0.254. The van der Waals surface area contributed by atoms with E-state index < -0.39 is 0 Å². The van der Waals surface area contributed by atoms with Gasteiger partial charge in [-0.1, -0.05) is 20.8 Å². The van der Waals surface area contributed by atoms with Crippen molar-refractivity contribution < 1.29 is 4.79 Å². The Morgan fingerprint density at radius 2 is 2.14 bits per heavy atom. The Morgan fingerprint density at radius 3 is 2.57 bits per heavy atom. The molecule has 0 unspecified atom stereocenters. The largest absolute Gasteiger partial charge is 0.341 e. The van der Waals surface area contributed by atoms with Crippen LogP contribution in [0.15, 0.2) is 5.38 Å².